The summed E-state index contributed by atoms with van der Waals surface area (Å²) < 4.78 is 0. The number of fused-ring (bicyclic) bond motifs is 5. The van der Waals surface area contributed by atoms with Crippen molar-refractivity contribution in [2.24, 2.45) is 34.5 Å². The largest absolute Gasteiger partial charge is 0.395 e. The summed E-state index contributed by atoms with van der Waals surface area (Å²) in [6.07, 6.45) is 9.80. The highest BCUT2D eigenvalue weighted by atomic mass is 16.3. The van der Waals surface area contributed by atoms with Gasteiger partial charge < -0.3 is 5.11 Å². The maximum Gasteiger partial charge on any atom is 0.155 e. The summed E-state index contributed by atoms with van der Waals surface area (Å²) >= 11 is 0. The molecular formula is C21H30O3. The Labute approximate surface area is 144 Å². The van der Waals surface area contributed by atoms with Gasteiger partial charge in [0, 0.05) is 17.8 Å². The first kappa shape index (κ1) is 16.5. The molecule has 0 aliphatic heterocycles. The number of aliphatic hydroxyl groups is 1. The predicted octanol–water partition coefficient (Wildman–Crippen LogP) is 3.70. The number of hydrogen-bond acceptors (Lipinski definition) is 3. The Hall–Kier alpha value is -0.960. The van der Waals surface area contributed by atoms with Crippen LogP contribution in [0.1, 0.15) is 65.2 Å². The van der Waals surface area contributed by atoms with Crippen LogP contribution in [0.15, 0.2) is 11.6 Å². The van der Waals surface area contributed by atoms with Crippen molar-refractivity contribution in [3.63, 3.8) is 0 Å². The van der Waals surface area contributed by atoms with Crippen molar-refractivity contribution in [3.8, 4) is 0 Å². The average molecular weight is 330 g/mol. The first-order chi connectivity index (χ1) is 11.4. The van der Waals surface area contributed by atoms with E-state index in [1.54, 1.807) is 6.92 Å². The number of aliphatic hydroxyl groups excluding tert-OH is 1. The van der Waals surface area contributed by atoms with Gasteiger partial charge >= 0.3 is 0 Å². The summed E-state index contributed by atoms with van der Waals surface area (Å²) in [6.45, 7) is 4.31. The van der Waals surface area contributed by atoms with Crippen LogP contribution in [-0.2, 0) is 9.59 Å². The van der Waals surface area contributed by atoms with Crippen molar-refractivity contribution in [1.29, 1.82) is 0 Å². The molecule has 0 saturated heterocycles. The van der Waals surface area contributed by atoms with Crippen LogP contribution in [0.3, 0.4) is 0 Å². The van der Waals surface area contributed by atoms with Crippen LogP contribution < -0.4 is 0 Å². The number of ketones is 2. The van der Waals surface area contributed by atoms with E-state index in [1.807, 2.05) is 6.08 Å². The Balaban J connectivity index is 1.69. The summed E-state index contributed by atoms with van der Waals surface area (Å²) in [5, 5.41) is 10.3. The Morgan fingerprint density at radius 2 is 1.96 bits per heavy atom. The third-order valence-electron chi connectivity index (χ3n) is 8.46. The van der Waals surface area contributed by atoms with E-state index in [4.69, 9.17) is 0 Å². The van der Waals surface area contributed by atoms with Crippen molar-refractivity contribution >= 4 is 11.6 Å². The summed E-state index contributed by atoms with van der Waals surface area (Å²) in [4.78, 5) is 24.1. The molecule has 0 radical (unpaired) electrons. The summed E-state index contributed by atoms with van der Waals surface area (Å²) in [6, 6.07) is 0. The average Bonchev–Trinajstić information content (AvgIpc) is 2.91. The second-order valence-electron chi connectivity index (χ2n) is 9.15. The first-order valence-electron chi connectivity index (χ1n) is 9.77. The van der Waals surface area contributed by atoms with Crippen molar-refractivity contribution in [2.75, 3.05) is 6.61 Å². The molecule has 132 valence electrons. The van der Waals surface area contributed by atoms with E-state index in [0.717, 1.165) is 38.5 Å². The minimum absolute atomic E-state index is 0.146. The van der Waals surface area contributed by atoms with Crippen LogP contribution >= 0.6 is 0 Å². The standard InChI is InChI=1S/C21H30O3/c1-13(23)17-5-6-18-16-4-3-14-11-15(24)7-10-21(14,12-22)19(16)8-9-20(17,18)2/h11,16-19,22H,3-10,12H2,1-2H3/t16-,17+,18-,19-,20-,21+/m1/s1. The van der Waals surface area contributed by atoms with Gasteiger partial charge in [-0.1, -0.05) is 12.5 Å². The maximum atomic E-state index is 12.2. The van der Waals surface area contributed by atoms with Crippen LogP contribution in [0.2, 0.25) is 0 Å². The smallest absolute Gasteiger partial charge is 0.155 e. The van der Waals surface area contributed by atoms with Gasteiger partial charge in [0.05, 0.1) is 6.61 Å². The fourth-order valence-electron chi connectivity index (χ4n) is 7.33. The molecule has 4 aliphatic rings. The SMILES string of the molecule is CC(=O)[C@@H]1CC[C@@H]2[C@H]3CCC4=CC(=O)CC[C@@]4(CO)[C@@H]3CC[C@@]21C. The Kier molecular flexibility index (Phi) is 3.80. The van der Waals surface area contributed by atoms with E-state index in [1.165, 1.54) is 12.0 Å². The molecule has 0 unspecified atom stereocenters. The van der Waals surface area contributed by atoms with Crippen molar-refractivity contribution in [1.82, 2.24) is 0 Å². The van der Waals surface area contributed by atoms with E-state index in [9.17, 15) is 14.7 Å². The maximum absolute atomic E-state index is 12.2. The Morgan fingerprint density at radius 1 is 1.17 bits per heavy atom. The van der Waals surface area contributed by atoms with Crippen LogP contribution in [-0.4, -0.2) is 23.3 Å². The van der Waals surface area contributed by atoms with Gasteiger partial charge in [-0.3, -0.25) is 9.59 Å². The normalized spacial score (nSPS) is 47.5. The zero-order valence-corrected chi connectivity index (χ0v) is 15.0. The number of rotatable bonds is 2. The van der Waals surface area contributed by atoms with Gasteiger partial charge in [0.25, 0.3) is 0 Å². The molecule has 0 bridgehead atoms. The molecule has 4 aliphatic carbocycles. The van der Waals surface area contributed by atoms with E-state index in [0.29, 0.717) is 30.0 Å². The lowest BCUT2D eigenvalue weighted by Crippen LogP contribution is -2.53. The monoisotopic (exact) mass is 330 g/mol. The van der Waals surface area contributed by atoms with Crippen LogP contribution in [0.25, 0.3) is 0 Å². The highest BCUT2D eigenvalue weighted by Gasteiger charge is 2.60. The molecule has 6 atom stereocenters. The molecule has 0 aromatic rings. The lowest BCUT2D eigenvalue weighted by Gasteiger charge is -2.58. The van der Waals surface area contributed by atoms with E-state index >= 15 is 0 Å². The molecule has 4 rings (SSSR count). The summed E-state index contributed by atoms with van der Waals surface area (Å²) in [5.74, 6) is 2.58. The first-order valence-corrected chi connectivity index (χ1v) is 9.77. The second kappa shape index (κ2) is 5.52. The molecule has 3 heteroatoms. The summed E-state index contributed by atoms with van der Waals surface area (Å²) in [5.41, 5.74) is 1.24. The molecule has 3 saturated carbocycles. The van der Waals surface area contributed by atoms with Crippen LogP contribution in [0.5, 0.6) is 0 Å². The van der Waals surface area contributed by atoms with Crippen LogP contribution in [0, 0.1) is 34.5 Å². The highest BCUT2D eigenvalue weighted by Crippen LogP contribution is 2.66. The fraction of sp³-hybridized carbons (Fsp3) is 0.810. The molecule has 0 amide bonds. The van der Waals surface area contributed by atoms with Gasteiger partial charge in [-0.2, -0.15) is 0 Å². The van der Waals surface area contributed by atoms with E-state index in [-0.39, 0.29) is 29.1 Å². The third kappa shape index (κ3) is 2.06. The molecule has 1 N–H and O–H groups in total. The molecule has 0 aromatic heterocycles. The molecule has 0 aromatic carbocycles. The number of carbonyl (C=O) groups excluding carboxylic acids is 2. The van der Waals surface area contributed by atoms with Crippen molar-refractivity contribution in [3.05, 3.63) is 11.6 Å². The van der Waals surface area contributed by atoms with Gasteiger partial charge in [-0.25, -0.2) is 0 Å². The molecule has 0 spiro atoms. The highest BCUT2D eigenvalue weighted by molar-refractivity contribution is 5.91. The van der Waals surface area contributed by atoms with E-state index in [2.05, 4.69) is 6.92 Å². The predicted molar refractivity (Wildman–Crippen MR) is 92.3 cm³/mol. The van der Waals surface area contributed by atoms with Gasteiger partial charge in [-0.05, 0) is 81.1 Å². The Bertz CT molecular complexity index is 606. The van der Waals surface area contributed by atoms with Crippen molar-refractivity contribution < 1.29 is 14.7 Å². The minimum Gasteiger partial charge on any atom is -0.395 e. The number of Topliss-reactive ketones (excluding diaryl/α,β-unsaturated/α-hetero) is 1. The van der Waals surface area contributed by atoms with Gasteiger partial charge in [0.1, 0.15) is 5.78 Å². The molecule has 3 fully saturated rings. The number of carbonyl (C=O) groups is 2. The number of hydrogen-bond donors (Lipinski definition) is 1. The molecular weight excluding hydrogens is 300 g/mol. The zero-order chi connectivity index (χ0) is 17.1. The lowest BCUT2D eigenvalue weighted by molar-refractivity contribution is -0.130. The topological polar surface area (TPSA) is 54.4 Å². The molecule has 0 heterocycles. The van der Waals surface area contributed by atoms with Gasteiger partial charge in [0.2, 0.25) is 0 Å². The minimum atomic E-state index is -0.146. The molecule has 3 nitrogen and oxygen atoms in total. The van der Waals surface area contributed by atoms with E-state index < -0.39 is 0 Å². The van der Waals surface area contributed by atoms with Crippen LogP contribution in [0.4, 0.5) is 0 Å². The quantitative estimate of drug-likeness (QED) is 0.840. The molecule has 24 heavy (non-hydrogen) atoms. The zero-order valence-electron chi connectivity index (χ0n) is 15.0. The lowest BCUT2D eigenvalue weighted by atomic mass is 9.46. The summed E-state index contributed by atoms with van der Waals surface area (Å²) in [7, 11) is 0. The Morgan fingerprint density at radius 3 is 2.67 bits per heavy atom. The van der Waals surface area contributed by atoms with Crippen molar-refractivity contribution in [2.45, 2.75) is 65.2 Å². The third-order valence-corrected chi connectivity index (χ3v) is 8.46. The van der Waals surface area contributed by atoms with Gasteiger partial charge in [0.15, 0.2) is 5.78 Å². The second-order valence-corrected chi connectivity index (χ2v) is 9.15. The fourth-order valence-corrected chi connectivity index (χ4v) is 7.33. The van der Waals surface area contributed by atoms with Gasteiger partial charge in [-0.15, -0.1) is 0 Å².